The number of amides is 1. The lowest BCUT2D eigenvalue weighted by atomic mass is 10.00. The Hall–Kier alpha value is -2.42. The summed E-state index contributed by atoms with van der Waals surface area (Å²) in [4.78, 5) is 17.4. The zero-order valence-electron chi connectivity index (χ0n) is 23.4. The number of nitrogens with zero attached hydrogens (tertiary/aromatic N) is 3. The van der Waals surface area contributed by atoms with Crippen LogP contribution in [-0.2, 0) is 31.3 Å². The number of aliphatic hydroxyl groups excluding tert-OH is 1. The monoisotopic (exact) mass is 610 g/mol. The Bertz CT molecular complexity index is 1490. The van der Waals surface area contributed by atoms with Gasteiger partial charge in [0.15, 0.2) is 0 Å². The number of carbonyl (C=O) groups is 1. The second-order valence-corrected chi connectivity index (χ2v) is 15.6. The Morgan fingerprint density at radius 1 is 1.02 bits per heavy atom. The molecule has 0 aliphatic rings. The van der Waals surface area contributed by atoms with Crippen LogP contribution in [0.4, 0.5) is 0 Å². The van der Waals surface area contributed by atoms with Crippen molar-refractivity contribution in [2.45, 2.75) is 44.2 Å². The molecule has 2 aromatic carbocycles. The molecule has 3 atom stereocenters. The fourth-order valence-electron chi connectivity index (χ4n) is 4.18. The molecular formula is C27H38N4O6S3. The Morgan fingerprint density at radius 3 is 2.33 bits per heavy atom. The number of aromatic nitrogens is 1. The topological polar surface area (TPSA) is 137 Å². The highest BCUT2D eigenvalue weighted by Gasteiger charge is 2.33. The summed E-state index contributed by atoms with van der Waals surface area (Å²) < 4.78 is 55.2. The average molecular weight is 611 g/mol. The van der Waals surface area contributed by atoms with E-state index in [-0.39, 0.29) is 30.3 Å². The highest BCUT2D eigenvalue weighted by molar-refractivity contribution is 7.89. The molecule has 3 unspecified atom stereocenters. The number of nitrogens with one attached hydrogen (secondary N) is 1. The van der Waals surface area contributed by atoms with Gasteiger partial charge in [0, 0.05) is 27.2 Å². The normalized spacial score (nSPS) is 15.0. The number of benzene rings is 2. The van der Waals surface area contributed by atoms with E-state index in [0.29, 0.717) is 5.52 Å². The van der Waals surface area contributed by atoms with Crippen molar-refractivity contribution in [3.05, 3.63) is 59.6 Å². The quantitative estimate of drug-likeness (QED) is 0.286. The van der Waals surface area contributed by atoms with Crippen LogP contribution in [0.1, 0.15) is 26.3 Å². The molecule has 0 saturated heterocycles. The van der Waals surface area contributed by atoms with Gasteiger partial charge in [0.05, 0.1) is 44.4 Å². The van der Waals surface area contributed by atoms with Crippen LogP contribution in [-0.4, -0.2) is 86.5 Å². The molecule has 1 amide bonds. The molecule has 0 radical (unpaired) electrons. The van der Waals surface area contributed by atoms with Gasteiger partial charge in [-0.05, 0) is 36.1 Å². The number of aliphatic hydroxyl groups is 1. The third-order valence-corrected chi connectivity index (χ3v) is 11.1. The van der Waals surface area contributed by atoms with Gasteiger partial charge in [-0.25, -0.2) is 26.1 Å². The summed E-state index contributed by atoms with van der Waals surface area (Å²) in [5.74, 6) is -1.86. The van der Waals surface area contributed by atoms with Gasteiger partial charge in [-0.1, -0.05) is 51.1 Å². The third-order valence-electron chi connectivity index (χ3n) is 6.46. The van der Waals surface area contributed by atoms with Gasteiger partial charge < -0.3 is 10.4 Å². The lowest BCUT2D eigenvalue weighted by molar-refractivity contribution is -0.125. The molecule has 40 heavy (non-hydrogen) atoms. The summed E-state index contributed by atoms with van der Waals surface area (Å²) in [6, 6.07) is 13.1. The minimum absolute atomic E-state index is 0.0347. The standard InChI is InChI=1S/C27H38N4O6S3/c1-19(2)15-31(40(36,37)22-11-12-23-26(14-22)38-18-28-23)16-25(32)24(13-21-9-7-6-8-10-21)29-27(33)20(3)17-39(34,35)30(4)5/h6-12,14,18-20,24-25,32H,13,15-17H2,1-5H3,(H,29,33). The first kappa shape index (κ1) is 32.1. The number of fused-ring (bicyclic) bond motifs is 1. The molecule has 0 aliphatic heterocycles. The fraction of sp³-hybridized carbons (Fsp3) is 0.481. The molecule has 0 aliphatic carbocycles. The van der Waals surface area contributed by atoms with E-state index in [4.69, 9.17) is 0 Å². The van der Waals surface area contributed by atoms with Crippen LogP contribution >= 0.6 is 11.3 Å². The van der Waals surface area contributed by atoms with E-state index in [1.54, 1.807) is 17.6 Å². The van der Waals surface area contributed by atoms with Gasteiger partial charge in [-0.15, -0.1) is 11.3 Å². The maximum atomic E-state index is 13.7. The predicted octanol–water partition coefficient (Wildman–Crippen LogP) is 2.56. The smallest absolute Gasteiger partial charge is 0.243 e. The van der Waals surface area contributed by atoms with Crippen LogP contribution in [0.5, 0.6) is 0 Å². The Kier molecular flexibility index (Phi) is 10.8. The largest absolute Gasteiger partial charge is 0.390 e. The zero-order valence-corrected chi connectivity index (χ0v) is 25.8. The van der Waals surface area contributed by atoms with Gasteiger partial charge in [0.1, 0.15) is 0 Å². The summed E-state index contributed by atoms with van der Waals surface area (Å²) in [6.07, 6.45) is -1.05. The number of carbonyl (C=O) groups excluding carboxylic acids is 1. The molecular weight excluding hydrogens is 573 g/mol. The van der Waals surface area contributed by atoms with Crippen LogP contribution in [0.3, 0.4) is 0 Å². The third kappa shape index (κ3) is 8.30. The Balaban J connectivity index is 1.88. The van der Waals surface area contributed by atoms with Gasteiger partial charge in [-0.2, -0.15) is 4.31 Å². The molecule has 1 heterocycles. The predicted molar refractivity (Wildman–Crippen MR) is 158 cm³/mol. The number of hydrogen-bond acceptors (Lipinski definition) is 8. The fourth-order valence-corrected chi connectivity index (χ4v) is 7.70. The second kappa shape index (κ2) is 13.5. The van der Waals surface area contributed by atoms with Crippen molar-refractivity contribution in [2.24, 2.45) is 11.8 Å². The van der Waals surface area contributed by atoms with Crippen molar-refractivity contribution in [3.8, 4) is 0 Å². The molecule has 220 valence electrons. The first-order valence-electron chi connectivity index (χ1n) is 13.0. The van der Waals surface area contributed by atoms with E-state index < -0.39 is 49.8 Å². The molecule has 0 fully saturated rings. The SMILES string of the molecule is CC(C)CN(CC(O)C(Cc1ccccc1)NC(=O)C(C)CS(=O)(=O)N(C)C)S(=O)(=O)c1ccc2ncsc2c1. The minimum Gasteiger partial charge on any atom is -0.390 e. The molecule has 0 spiro atoms. The van der Waals surface area contributed by atoms with Crippen LogP contribution in [0.25, 0.3) is 10.2 Å². The van der Waals surface area contributed by atoms with Crippen LogP contribution < -0.4 is 5.32 Å². The van der Waals surface area contributed by atoms with Gasteiger partial charge in [0.25, 0.3) is 0 Å². The lowest BCUT2D eigenvalue weighted by Crippen LogP contribution is -2.52. The van der Waals surface area contributed by atoms with Crippen LogP contribution in [0.2, 0.25) is 0 Å². The molecule has 1 aromatic heterocycles. The van der Waals surface area contributed by atoms with Crippen LogP contribution in [0, 0.1) is 11.8 Å². The molecule has 3 rings (SSSR count). The van der Waals surface area contributed by atoms with Crippen molar-refractivity contribution in [2.75, 3.05) is 32.9 Å². The molecule has 3 aromatic rings. The highest BCUT2D eigenvalue weighted by Crippen LogP contribution is 2.25. The molecule has 2 N–H and O–H groups in total. The van der Waals surface area contributed by atoms with E-state index in [1.807, 2.05) is 44.2 Å². The first-order valence-corrected chi connectivity index (χ1v) is 16.9. The summed E-state index contributed by atoms with van der Waals surface area (Å²) >= 11 is 1.34. The summed E-state index contributed by atoms with van der Waals surface area (Å²) in [5.41, 5.74) is 3.18. The maximum Gasteiger partial charge on any atom is 0.243 e. The molecule has 0 saturated carbocycles. The van der Waals surface area contributed by atoms with Crippen molar-refractivity contribution < 1.29 is 26.7 Å². The lowest BCUT2D eigenvalue weighted by Gasteiger charge is -2.31. The number of sulfonamides is 2. The van der Waals surface area contributed by atoms with Gasteiger partial charge in [0.2, 0.25) is 26.0 Å². The summed E-state index contributed by atoms with van der Waals surface area (Å²) in [5, 5.41) is 14.2. The number of thiazole rings is 1. The Labute approximate surface area is 241 Å². The van der Waals surface area contributed by atoms with Crippen molar-refractivity contribution in [1.29, 1.82) is 0 Å². The van der Waals surface area contributed by atoms with Crippen molar-refractivity contribution >= 4 is 47.5 Å². The maximum absolute atomic E-state index is 13.7. The zero-order chi connectivity index (χ0) is 29.7. The second-order valence-electron chi connectivity index (χ2n) is 10.5. The van der Waals surface area contributed by atoms with Crippen LogP contribution in [0.15, 0.2) is 58.9 Å². The van der Waals surface area contributed by atoms with E-state index >= 15 is 0 Å². The summed E-state index contributed by atoms with van der Waals surface area (Å²) in [7, 11) is -4.82. The summed E-state index contributed by atoms with van der Waals surface area (Å²) in [6.45, 7) is 5.18. The Morgan fingerprint density at radius 2 is 1.70 bits per heavy atom. The van der Waals surface area contributed by atoms with Gasteiger partial charge in [-0.3, -0.25) is 4.79 Å². The molecule has 13 heteroatoms. The minimum atomic E-state index is -3.99. The number of hydrogen-bond donors (Lipinski definition) is 2. The molecule has 0 bridgehead atoms. The highest BCUT2D eigenvalue weighted by atomic mass is 32.2. The first-order chi connectivity index (χ1) is 18.7. The average Bonchev–Trinajstić information content (AvgIpc) is 3.36. The van der Waals surface area contributed by atoms with Crippen molar-refractivity contribution in [1.82, 2.24) is 18.9 Å². The van der Waals surface area contributed by atoms with E-state index in [9.17, 15) is 26.7 Å². The molecule has 10 nitrogen and oxygen atoms in total. The van der Waals surface area contributed by atoms with E-state index in [0.717, 1.165) is 14.6 Å². The van der Waals surface area contributed by atoms with E-state index in [1.165, 1.54) is 42.7 Å². The van der Waals surface area contributed by atoms with E-state index in [2.05, 4.69) is 10.3 Å². The van der Waals surface area contributed by atoms with Gasteiger partial charge >= 0.3 is 0 Å². The number of rotatable bonds is 14. The van der Waals surface area contributed by atoms with Crippen molar-refractivity contribution in [3.63, 3.8) is 0 Å².